The summed E-state index contributed by atoms with van der Waals surface area (Å²) in [5.41, 5.74) is 4.52. The number of carbonyl (C=O) groups is 1. The third-order valence-corrected chi connectivity index (χ3v) is 2.75. The third kappa shape index (κ3) is 9.91. The van der Waals surface area contributed by atoms with Crippen LogP contribution in [0.4, 0.5) is 0 Å². The van der Waals surface area contributed by atoms with Crippen LogP contribution in [0.3, 0.4) is 0 Å². The molecule has 4 heteroatoms. The molecular formula is C15H31NO3. The molecule has 0 fully saturated rings. The molecule has 0 radical (unpaired) electrons. The van der Waals surface area contributed by atoms with E-state index < -0.39 is 5.60 Å². The van der Waals surface area contributed by atoms with E-state index in [0.717, 1.165) is 0 Å². The van der Waals surface area contributed by atoms with E-state index in [-0.39, 0.29) is 22.8 Å². The van der Waals surface area contributed by atoms with Gasteiger partial charge in [0.1, 0.15) is 0 Å². The second-order valence-electron chi connectivity index (χ2n) is 7.85. The van der Waals surface area contributed by atoms with E-state index in [9.17, 15) is 9.90 Å². The van der Waals surface area contributed by atoms with E-state index >= 15 is 0 Å². The number of esters is 1. The van der Waals surface area contributed by atoms with Gasteiger partial charge >= 0.3 is 5.97 Å². The predicted molar refractivity (Wildman–Crippen MR) is 77.7 cm³/mol. The predicted octanol–water partition coefficient (Wildman–Crippen LogP) is 2.48. The Hall–Kier alpha value is -0.610. The SMILES string of the molecule is CC(CC(C)(C)N)C(=O)OCC(C)(C)CC(C)(C)O. The van der Waals surface area contributed by atoms with Gasteiger partial charge in [0.2, 0.25) is 0 Å². The van der Waals surface area contributed by atoms with Crippen molar-refractivity contribution >= 4 is 5.97 Å². The number of rotatable bonds is 7. The Morgan fingerprint density at radius 1 is 1.21 bits per heavy atom. The average Bonchev–Trinajstić information content (AvgIpc) is 2.07. The van der Waals surface area contributed by atoms with Gasteiger partial charge in [-0.2, -0.15) is 0 Å². The minimum absolute atomic E-state index is 0.210. The molecule has 1 unspecified atom stereocenters. The van der Waals surface area contributed by atoms with Crippen molar-refractivity contribution in [3.8, 4) is 0 Å². The standard InChI is InChI=1S/C15H31NO3/c1-11(8-14(4,5)16)12(17)19-10-13(2,3)9-15(6,7)18/h11,18H,8-10,16H2,1-7H3. The van der Waals surface area contributed by atoms with E-state index in [0.29, 0.717) is 19.4 Å². The smallest absolute Gasteiger partial charge is 0.308 e. The monoisotopic (exact) mass is 273 g/mol. The van der Waals surface area contributed by atoms with Gasteiger partial charge in [-0.15, -0.1) is 0 Å². The third-order valence-electron chi connectivity index (χ3n) is 2.75. The minimum Gasteiger partial charge on any atom is -0.465 e. The quantitative estimate of drug-likeness (QED) is 0.699. The van der Waals surface area contributed by atoms with Crippen molar-refractivity contribution < 1.29 is 14.6 Å². The number of hydrogen-bond donors (Lipinski definition) is 2. The molecule has 4 nitrogen and oxygen atoms in total. The first-order chi connectivity index (χ1) is 8.22. The summed E-state index contributed by atoms with van der Waals surface area (Å²) in [4.78, 5) is 11.9. The zero-order valence-electron chi connectivity index (χ0n) is 13.5. The van der Waals surface area contributed by atoms with Crippen LogP contribution in [0.5, 0.6) is 0 Å². The van der Waals surface area contributed by atoms with Crippen molar-refractivity contribution in [3.05, 3.63) is 0 Å². The molecule has 114 valence electrons. The van der Waals surface area contributed by atoms with E-state index in [2.05, 4.69) is 0 Å². The van der Waals surface area contributed by atoms with Crippen molar-refractivity contribution in [2.24, 2.45) is 17.1 Å². The van der Waals surface area contributed by atoms with E-state index in [1.54, 1.807) is 13.8 Å². The number of ether oxygens (including phenoxy) is 1. The van der Waals surface area contributed by atoms with Crippen molar-refractivity contribution in [3.63, 3.8) is 0 Å². The first kappa shape index (κ1) is 18.4. The number of carbonyl (C=O) groups excluding carboxylic acids is 1. The molecule has 0 aromatic rings. The summed E-state index contributed by atoms with van der Waals surface area (Å²) >= 11 is 0. The second kappa shape index (κ2) is 6.23. The van der Waals surface area contributed by atoms with Crippen molar-refractivity contribution in [2.75, 3.05) is 6.61 Å². The van der Waals surface area contributed by atoms with Gasteiger partial charge in [0, 0.05) is 11.0 Å². The highest BCUT2D eigenvalue weighted by Gasteiger charge is 2.29. The fourth-order valence-corrected chi connectivity index (χ4v) is 2.50. The van der Waals surface area contributed by atoms with E-state index in [4.69, 9.17) is 10.5 Å². The van der Waals surface area contributed by atoms with Crippen molar-refractivity contribution in [1.29, 1.82) is 0 Å². The molecular weight excluding hydrogens is 242 g/mol. The molecule has 3 N–H and O–H groups in total. The highest BCUT2D eigenvalue weighted by molar-refractivity contribution is 5.72. The Balaban J connectivity index is 4.29. The van der Waals surface area contributed by atoms with Crippen molar-refractivity contribution in [2.45, 2.75) is 72.4 Å². The molecule has 0 aliphatic rings. The topological polar surface area (TPSA) is 72.6 Å². The zero-order chi connectivity index (χ0) is 15.5. The van der Waals surface area contributed by atoms with Crippen LogP contribution < -0.4 is 5.73 Å². The molecule has 0 aromatic heterocycles. The minimum atomic E-state index is -0.763. The molecule has 0 saturated carbocycles. The largest absolute Gasteiger partial charge is 0.465 e. The van der Waals surface area contributed by atoms with Crippen LogP contribution in [0, 0.1) is 11.3 Å². The lowest BCUT2D eigenvalue weighted by molar-refractivity contribution is -0.152. The Morgan fingerprint density at radius 2 is 1.68 bits per heavy atom. The van der Waals surface area contributed by atoms with Gasteiger partial charge in [0.05, 0.1) is 18.1 Å². The lowest BCUT2D eigenvalue weighted by Crippen LogP contribution is -2.37. The van der Waals surface area contributed by atoms with E-state index in [1.165, 1.54) is 0 Å². The molecule has 0 spiro atoms. The van der Waals surface area contributed by atoms with Gasteiger partial charge in [-0.05, 0) is 40.5 Å². The maximum absolute atomic E-state index is 11.9. The number of aliphatic hydroxyl groups is 1. The molecule has 0 amide bonds. The number of hydrogen-bond acceptors (Lipinski definition) is 4. The Kier molecular flexibility index (Phi) is 6.03. The Morgan fingerprint density at radius 3 is 2.05 bits per heavy atom. The van der Waals surface area contributed by atoms with Gasteiger partial charge in [-0.25, -0.2) is 0 Å². The summed E-state index contributed by atoms with van der Waals surface area (Å²) in [6.07, 6.45) is 1.17. The van der Waals surface area contributed by atoms with Crippen molar-refractivity contribution in [1.82, 2.24) is 0 Å². The highest BCUT2D eigenvalue weighted by Crippen LogP contribution is 2.28. The van der Waals surface area contributed by atoms with Gasteiger partial charge in [0.25, 0.3) is 0 Å². The lowest BCUT2D eigenvalue weighted by Gasteiger charge is -2.31. The molecule has 0 bridgehead atoms. The molecule has 0 aromatic carbocycles. The fraction of sp³-hybridized carbons (Fsp3) is 0.933. The maximum Gasteiger partial charge on any atom is 0.308 e. The molecule has 0 aliphatic heterocycles. The summed E-state index contributed by atoms with van der Waals surface area (Å²) in [5.74, 6) is -0.430. The summed E-state index contributed by atoms with van der Waals surface area (Å²) in [6.45, 7) is 13.4. The zero-order valence-corrected chi connectivity index (χ0v) is 13.5. The fourth-order valence-electron chi connectivity index (χ4n) is 2.50. The first-order valence-electron chi connectivity index (χ1n) is 6.90. The highest BCUT2D eigenvalue weighted by atomic mass is 16.5. The molecule has 0 rings (SSSR count). The van der Waals surface area contributed by atoms with Crippen LogP contribution in [-0.4, -0.2) is 28.8 Å². The normalized spacial score (nSPS) is 15.2. The van der Waals surface area contributed by atoms with Crippen LogP contribution in [0.1, 0.15) is 61.3 Å². The summed E-state index contributed by atoms with van der Waals surface area (Å²) in [5, 5.41) is 9.82. The molecule has 19 heavy (non-hydrogen) atoms. The van der Waals surface area contributed by atoms with Gasteiger partial charge in [0.15, 0.2) is 0 Å². The Bertz CT molecular complexity index is 297. The second-order valence-corrected chi connectivity index (χ2v) is 7.85. The maximum atomic E-state index is 11.9. The van der Waals surface area contributed by atoms with Crippen LogP contribution >= 0.6 is 0 Å². The van der Waals surface area contributed by atoms with E-state index in [1.807, 2.05) is 34.6 Å². The van der Waals surface area contributed by atoms with Crippen LogP contribution in [0.2, 0.25) is 0 Å². The first-order valence-corrected chi connectivity index (χ1v) is 6.90. The van der Waals surface area contributed by atoms with Crippen LogP contribution in [-0.2, 0) is 9.53 Å². The van der Waals surface area contributed by atoms with Crippen LogP contribution in [0.25, 0.3) is 0 Å². The van der Waals surface area contributed by atoms with Gasteiger partial charge in [-0.3, -0.25) is 4.79 Å². The van der Waals surface area contributed by atoms with Crippen LogP contribution in [0.15, 0.2) is 0 Å². The summed E-state index contributed by atoms with van der Waals surface area (Å²) < 4.78 is 5.35. The Labute approximate surface area is 117 Å². The summed E-state index contributed by atoms with van der Waals surface area (Å²) in [6, 6.07) is 0. The van der Waals surface area contributed by atoms with Gasteiger partial charge in [-0.1, -0.05) is 20.8 Å². The molecule has 0 saturated heterocycles. The average molecular weight is 273 g/mol. The molecule has 0 aliphatic carbocycles. The van der Waals surface area contributed by atoms with Gasteiger partial charge < -0.3 is 15.6 Å². The molecule has 1 atom stereocenters. The number of nitrogens with two attached hydrogens (primary N) is 1. The molecule has 0 heterocycles. The lowest BCUT2D eigenvalue weighted by atomic mass is 9.82. The summed E-state index contributed by atoms with van der Waals surface area (Å²) in [7, 11) is 0.